The summed E-state index contributed by atoms with van der Waals surface area (Å²) in [6.07, 6.45) is 2.64. The van der Waals surface area contributed by atoms with Gasteiger partial charge in [0.25, 0.3) is 0 Å². The summed E-state index contributed by atoms with van der Waals surface area (Å²) >= 11 is 0. The number of anilines is 1. The molecule has 1 aliphatic heterocycles. The van der Waals surface area contributed by atoms with Crippen molar-refractivity contribution in [1.82, 2.24) is 14.5 Å². The zero-order chi connectivity index (χ0) is 17.1. The van der Waals surface area contributed by atoms with E-state index in [1.807, 2.05) is 15.9 Å². The molecule has 2 heterocycles. The average molecular weight is 335 g/mol. The number of benzene rings is 1. The Morgan fingerprint density at radius 1 is 1.21 bits per heavy atom. The Morgan fingerprint density at radius 3 is 2.62 bits per heavy atom. The van der Waals surface area contributed by atoms with Gasteiger partial charge >= 0.3 is 6.55 Å². The third kappa shape index (κ3) is 3.36. The van der Waals surface area contributed by atoms with Crippen LogP contribution >= 0.6 is 0 Å². The number of rotatable bonds is 4. The minimum absolute atomic E-state index is 0.302. The Hall–Kier alpha value is -2.53. The van der Waals surface area contributed by atoms with Gasteiger partial charge in [-0.1, -0.05) is 0 Å². The highest BCUT2D eigenvalue weighted by molar-refractivity contribution is 5.59. The molecule has 1 saturated heterocycles. The number of alkyl halides is 2. The molecule has 1 aliphatic rings. The van der Waals surface area contributed by atoms with Crippen LogP contribution in [0.15, 0.2) is 30.6 Å². The maximum Gasteiger partial charge on any atom is 0.319 e. The van der Waals surface area contributed by atoms with E-state index in [4.69, 9.17) is 5.26 Å². The molecule has 5 nitrogen and oxygen atoms in total. The third-order valence-corrected chi connectivity index (χ3v) is 4.12. The number of piperazine rings is 1. The number of halogens is 3. The molecule has 1 aromatic carbocycles. The predicted molar refractivity (Wildman–Crippen MR) is 82.1 cm³/mol. The van der Waals surface area contributed by atoms with Gasteiger partial charge in [0.15, 0.2) is 0 Å². The highest BCUT2D eigenvalue weighted by Crippen LogP contribution is 2.23. The lowest BCUT2D eigenvalue weighted by atomic mass is 10.1. The van der Waals surface area contributed by atoms with Crippen molar-refractivity contribution >= 4 is 5.69 Å². The zero-order valence-corrected chi connectivity index (χ0v) is 12.9. The van der Waals surface area contributed by atoms with Gasteiger partial charge < -0.3 is 4.90 Å². The van der Waals surface area contributed by atoms with E-state index in [0.717, 1.165) is 4.57 Å². The van der Waals surface area contributed by atoms with Crippen molar-refractivity contribution in [3.05, 3.63) is 47.8 Å². The Bertz CT molecular complexity index is 744. The molecule has 0 amide bonds. The SMILES string of the molecule is N#Cc1cc(F)ccc1N1CCN(Cc2nccn2C(F)F)CC1. The van der Waals surface area contributed by atoms with Gasteiger partial charge in [-0.05, 0) is 18.2 Å². The molecule has 0 aliphatic carbocycles. The Labute approximate surface area is 137 Å². The molecule has 0 radical (unpaired) electrons. The van der Waals surface area contributed by atoms with Crippen LogP contribution in [0.25, 0.3) is 0 Å². The molecule has 0 spiro atoms. The smallest absolute Gasteiger partial charge is 0.319 e. The second-order valence-corrected chi connectivity index (χ2v) is 5.56. The quantitative estimate of drug-likeness (QED) is 0.862. The van der Waals surface area contributed by atoms with Crippen LogP contribution in [0.1, 0.15) is 17.9 Å². The summed E-state index contributed by atoms with van der Waals surface area (Å²) in [5.41, 5.74) is 1.00. The van der Waals surface area contributed by atoms with Crippen molar-refractivity contribution in [2.75, 3.05) is 31.1 Å². The van der Waals surface area contributed by atoms with Crippen molar-refractivity contribution < 1.29 is 13.2 Å². The maximum atomic E-state index is 13.2. The van der Waals surface area contributed by atoms with Crippen molar-refractivity contribution in [2.45, 2.75) is 13.1 Å². The van der Waals surface area contributed by atoms with E-state index < -0.39 is 12.4 Å². The number of aromatic nitrogens is 2. The number of hydrogen-bond acceptors (Lipinski definition) is 4. The van der Waals surface area contributed by atoms with Crippen LogP contribution < -0.4 is 4.90 Å². The van der Waals surface area contributed by atoms with Crippen molar-refractivity contribution in [2.24, 2.45) is 0 Å². The fourth-order valence-electron chi connectivity index (χ4n) is 2.86. The number of nitriles is 1. The summed E-state index contributed by atoms with van der Waals surface area (Å²) < 4.78 is 39.8. The van der Waals surface area contributed by atoms with Crippen LogP contribution in [-0.2, 0) is 6.54 Å². The third-order valence-electron chi connectivity index (χ3n) is 4.12. The van der Waals surface area contributed by atoms with Gasteiger partial charge in [-0.15, -0.1) is 0 Å². The predicted octanol–water partition coefficient (Wildman–Crippen LogP) is 2.61. The molecule has 8 heteroatoms. The normalized spacial score (nSPS) is 15.7. The Kier molecular flexibility index (Phi) is 4.71. The summed E-state index contributed by atoms with van der Waals surface area (Å²) in [5, 5.41) is 9.14. The lowest BCUT2D eigenvalue weighted by Crippen LogP contribution is -2.46. The van der Waals surface area contributed by atoms with Gasteiger partial charge in [0.05, 0.1) is 17.8 Å². The van der Waals surface area contributed by atoms with Crippen LogP contribution in [-0.4, -0.2) is 40.6 Å². The fraction of sp³-hybridized carbons (Fsp3) is 0.375. The molecular formula is C16H16F3N5. The molecule has 1 fully saturated rings. The highest BCUT2D eigenvalue weighted by atomic mass is 19.3. The standard InChI is InChI=1S/C16H16F3N5/c17-13-1-2-14(12(9-13)10-20)23-7-5-22(6-8-23)11-15-21-3-4-24(15)16(18)19/h1-4,9,16H,5-8,11H2. The molecule has 126 valence electrons. The van der Waals surface area contributed by atoms with Gasteiger partial charge in [-0.25, -0.2) is 9.37 Å². The first-order valence-corrected chi connectivity index (χ1v) is 7.55. The van der Waals surface area contributed by atoms with Crippen molar-refractivity contribution in [3.63, 3.8) is 0 Å². The molecule has 24 heavy (non-hydrogen) atoms. The van der Waals surface area contributed by atoms with Gasteiger partial charge in [0.2, 0.25) is 0 Å². The molecule has 0 unspecified atom stereocenters. The van der Waals surface area contributed by atoms with Crippen LogP contribution in [0, 0.1) is 17.1 Å². The molecule has 1 aromatic heterocycles. The summed E-state index contributed by atoms with van der Waals surface area (Å²) in [7, 11) is 0. The van der Waals surface area contributed by atoms with E-state index in [1.54, 1.807) is 6.07 Å². The van der Waals surface area contributed by atoms with Crippen LogP contribution in [0.3, 0.4) is 0 Å². The summed E-state index contributed by atoms with van der Waals surface area (Å²) in [6.45, 7) is 0.322. The molecule has 0 saturated carbocycles. The Morgan fingerprint density at radius 2 is 1.96 bits per heavy atom. The number of hydrogen-bond donors (Lipinski definition) is 0. The molecule has 0 N–H and O–H groups in total. The monoisotopic (exact) mass is 335 g/mol. The largest absolute Gasteiger partial charge is 0.368 e. The van der Waals surface area contributed by atoms with Gasteiger partial charge in [-0.2, -0.15) is 14.0 Å². The minimum atomic E-state index is -2.60. The van der Waals surface area contributed by atoms with Gasteiger partial charge in [0, 0.05) is 38.6 Å². The van der Waals surface area contributed by atoms with E-state index in [1.165, 1.54) is 24.5 Å². The van der Waals surface area contributed by atoms with Crippen LogP contribution in [0.5, 0.6) is 0 Å². The second-order valence-electron chi connectivity index (χ2n) is 5.56. The maximum absolute atomic E-state index is 13.2. The zero-order valence-electron chi connectivity index (χ0n) is 12.9. The first-order chi connectivity index (χ1) is 11.6. The lowest BCUT2D eigenvalue weighted by molar-refractivity contribution is 0.0637. The average Bonchev–Trinajstić information content (AvgIpc) is 3.04. The van der Waals surface area contributed by atoms with Crippen LogP contribution in [0.2, 0.25) is 0 Å². The number of imidazole rings is 1. The van der Waals surface area contributed by atoms with E-state index in [9.17, 15) is 13.2 Å². The molecule has 2 aromatic rings. The lowest BCUT2D eigenvalue weighted by Gasteiger charge is -2.36. The van der Waals surface area contributed by atoms with Gasteiger partial charge in [-0.3, -0.25) is 9.47 Å². The topological polar surface area (TPSA) is 48.1 Å². The molecule has 0 bridgehead atoms. The molecular weight excluding hydrogens is 319 g/mol. The minimum Gasteiger partial charge on any atom is -0.368 e. The summed E-state index contributed by atoms with van der Waals surface area (Å²) in [5.74, 6) is -0.106. The van der Waals surface area contributed by atoms with Crippen molar-refractivity contribution in [3.8, 4) is 6.07 Å². The molecule has 0 atom stereocenters. The Balaban J connectivity index is 1.64. The first kappa shape index (κ1) is 16.3. The number of nitrogens with zero attached hydrogens (tertiary/aromatic N) is 5. The summed E-state index contributed by atoms with van der Waals surface area (Å²) in [6, 6.07) is 6.17. The van der Waals surface area contributed by atoms with Gasteiger partial charge in [0.1, 0.15) is 17.7 Å². The van der Waals surface area contributed by atoms with E-state index in [2.05, 4.69) is 4.98 Å². The summed E-state index contributed by atoms with van der Waals surface area (Å²) in [4.78, 5) is 8.03. The second kappa shape index (κ2) is 6.93. The van der Waals surface area contributed by atoms with Crippen LogP contribution in [0.4, 0.5) is 18.9 Å². The van der Waals surface area contributed by atoms with E-state index >= 15 is 0 Å². The van der Waals surface area contributed by atoms with Crippen molar-refractivity contribution in [1.29, 1.82) is 5.26 Å². The highest BCUT2D eigenvalue weighted by Gasteiger charge is 2.21. The van der Waals surface area contributed by atoms with E-state index in [0.29, 0.717) is 49.8 Å². The van der Waals surface area contributed by atoms with E-state index in [-0.39, 0.29) is 0 Å². The molecule has 3 rings (SSSR count). The first-order valence-electron chi connectivity index (χ1n) is 7.55. The fourth-order valence-corrected chi connectivity index (χ4v) is 2.86.